The number of carbonyl (C=O) groups is 2. The zero-order valence-electron chi connectivity index (χ0n) is 15.8. The standard InChI is InChI=1S/C20H19N3O5S/c1-26-14-5-3-4-13(10-14)22-19-17(29-20(25)23-19)9-12-6-7-15(16(8-12)27-2)28-11-18(21)24/h3-10H,11H2,1-2H3,(H2,21,24)(H,22,23,25)/b17-9-. The van der Waals surface area contributed by atoms with Gasteiger partial charge in [0.25, 0.3) is 11.1 Å². The minimum Gasteiger partial charge on any atom is -0.497 e. The molecule has 3 N–H and O–H groups in total. The molecule has 0 saturated carbocycles. The molecule has 1 fully saturated rings. The number of aliphatic imine (C=N–C) groups is 1. The van der Waals surface area contributed by atoms with Crippen LogP contribution in [0.1, 0.15) is 5.56 Å². The Morgan fingerprint density at radius 2 is 2.00 bits per heavy atom. The lowest BCUT2D eigenvalue weighted by atomic mass is 10.2. The summed E-state index contributed by atoms with van der Waals surface area (Å²) in [6, 6.07) is 12.4. The highest BCUT2D eigenvalue weighted by atomic mass is 32.2. The topological polar surface area (TPSA) is 112 Å². The van der Waals surface area contributed by atoms with Gasteiger partial charge in [0.15, 0.2) is 18.1 Å². The van der Waals surface area contributed by atoms with E-state index in [1.807, 2.05) is 24.3 Å². The Kier molecular flexibility index (Phi) is 6.40. The van der Waals surface area contributed by atoms with E-state index in [-0.39, 0.29) is 11.8 Å². The van der Waals surface area contributed by atoms with E-state index in [9.17, 15) is 9.59 Å². The van der Waals surface area contributed by atoms with Crippen LogP contribution >= 0.6 is 11.8 Å². The number of thioether (sulfide) groups is 1. The van der Waals surface area contributed by atoms with Gasteiger partial charge >= 0.3 is 0 Å². The van der Waals surface area contributed by atoms with Crippen LogP contribution in [0.3, 0.4) is 0 Å². The fraction of sp³-hybridized carbons (Fsp3) is 0.150. The predicted octanol–water partition coefficient (Wildman–Crippen LogP) is 3.10. The lowest BCUT2D eigenvalue weighted by Crippen LogP contribution is -2.20. The van der Waals surface area contributed by atoms with Crippen molar-refractivity contribution in [3.63, 3.8) is 0 Å². The first-order chi connectivity index (χ1) is 14.0. The second-order valence-electron chi connectivity index (χ2n) is 5.85. The minimum atomic E-state index is -0.580. The van der Waals surface area contributed by atoms with Crippen molar-refractivity contribution in [1.82, 2.24) is 5.32 Å². The van der Waals surface area contributed by atoms with Gasteiger partial charge in [-0.3, -0.25) is 9.59 Å². The molecule has 0 unspecified atom stereocenters. The third kappa shape index (κ3) is 5.29. The van der Waals surface area contributed by atoms with Crippen LogP contribution in [0.15, 0.2) is 52.4 Å². The maximum atomic E-state index is 11.9. The largest absolute Gasteiger partial charge is 0.497 e. The smallest absolute Gasteiger partial charge is 0.289 e. The molecule has 0 bridgehead atoms. The Labute approximate surface area is 171 Å². The van der Waals surface area contributed by atoms with E-state index in [1.54, 1.807) is 31.4 Å². The molecule has 0 atom stereocenters. The zero-order chi connectivity index (χ0) is 20.8. The van der Waals surface area contributed by atoms with Crippen LogP contribution < -0.4 is 25.3 Å². The van der Waals surface area contributed by atoms with Gasteiger partial charge in [-0.2, -0.15) is 0 Å². The summed E-state index contributed by atoms with van der Waals surface area (Å²) in [5.74, 6) is 1.37. The Balaban J connectivity index is 1.89. The van der Waals surface area contributed by atoms with Crippen LogP contribution in [0.4, 0.5) is 10.5 Å². The van der Waals surface area contributed by atoms with E-state index in [4.69, 9.17) is 19.9 Å². The normalized spacial score (nSPS) is 16.0. The van der Waals surface area contributed by atoms with Gasteiger partial charge < -0.3 is 25.3 Å². The highest BCUT2D eigenvalue weighted by Gasteiger charge is 2.23. The molecule has 8 nitrogen and oxygen atoms in total. The summed E-state index contributed by atoms with van der Waals surface area (Å²) in [6.07, 6.45) is 1.81. The summed E-state index contributed by atoms with van der Waals surface area (Å²) in [6.45, 7) is -0.248. The SMILES string of the molecule is COc1cccc(N=C2NC(=O)S/C2=C\c2ccc(OCC(N)=O)c(OC)c2)c1. The van der Waals surface area contributed by atoms with Gasteiger partial charge in [-0.15, -0.1) is 0 Å². The number of methoxy groups -OCH3 is 2. The molecule has 2 aromatic carbocycles. The third-order valence-corrected chi connectivity index (χ3v) is 4.62. The molecule has 2 aromatic rings. The number of nitrogens with zero attached hydrogens (tertiary/aromatic N) is 1. The van der Waals surface area contributed by atoms with E-state index in [0.29, 0.717) is 33.7 Å². The molecule has 1 aliphatic heterocycles. The second kappa shape index (κ2) is 9.16. The number of carbonyl (C=O) groups excluding carboxylic acids is 2. The first-order valence-electron chi connectivity index (χ1n) is 8.51. The molecule has 1 heterocycles. The Morgan fingerprint density at radius 3 is 2.72 bits per heavy atom. The number of benzene rings is 2. The second-order valence-corrected chi connectivity index (χ2v) is 6.87. The average molecular weight is 413 g/mol. The van der Waals surface area contributed by atoms with Gasteiger partial charge in [0.1, 0.15) is 11.6 Å². The van der Waals surface area contributed by atoms with Crippen molar-refractivity contribution in [2.75, 3.05) is 20.8 Å². The van der Waals surface area contributed by atoms with Crippen LogP contribution in [-0.4, -0.2) is 37.8 Å². The highest BCUT2D eigenvalue weighted by molar-refractivity contribution is 8.18. The number of rotatable bonds is 7. The van der Waals surface area contributed by atoms with Crippen LogP contribution in [0.2, 0.25) is 0 Å². The van der Waals surface area contributed by atoms with Gasteiger partial charge in [-0.25, -0.2) is 4.99 Å². The summed E-state index contributed by atoms with van der Waals surface area (Å²) in [4.78, 5) is 28.0. The molecule has 9 heteroatoms. The maximum Gasteiger partial charge on any atom is 0.289 e. The van der Waals surface area contributed by atoms with E-state index < -0.39 is 5.91 Å². The van der Waals surface area contributed by atoms with Gasteiger partial charge in [0.2, 0.25) is 0 Å². The number of hydrogen-bond acceptors (Lipinski definition) is 7. The molecule has 0 spiro atoms. The quantitative estimate of drug-likeness (QED) is 0.721. The van der Waals surface area contributed by atoms with Crippen molar-refractivity contribution in [1.29, 1.82) is 0 Å². The van der Waals surface area contributed by atoms with E-state index in [2.05, 4.69) is 10.3 Å². The van der Waals surface area contributed by atoms with Crippen molar-refractivity contribution >= 4 is 40.5 Å². The van der Waals surface area contributed by atoms with Gasteiger partial charge in [-0.05, 0) is 47.7 Å². The summed E-state index contributed by atoms with van der Waals surface area (Å²) in [5, 5.41) is 2.52. The van der Waals surface area contributed by atoms with Gasteiger partial charge in [0.05, 0.1) is 24.8 Å². The third-order valence-electron chi connectivity index (χ3n) is 3.81. The van der Waals surface area contributed by atoms with Crippen molar-refractivity contribution in [3.05, 3.63) is 52.9 Å². The first kappa shape index (κ1) is 20.3. The summed E-state index contributed by atoms with van der Waals surface area (Å²) < 4.78 is 15.8. The molecule has 29 heavy (non-hydrogen) atoms. The Hall–Kier alpha value is -3.46. The van der Waals surface area contributed by atoms with Crippen LogP contribution in [0.25, 0.3) is 6.08 Å². The van der Waals surface area contributed by atoms with Crippen molar-refractivity contribution in [3.8, 4) is 17.2 Å². The average Bonchev–Trinajstić information content (AvgIpc) is 3.05. The van der Waals surface area contributed by atoms with Crippen LogP contribution in [0.5, 0.6) is 17.2 Å². The molecule has 1 saturated heterocycles. The van der Waals surface area contributed by atoms with E-state index in [1.165, 1.54) is 7.11 Å². The van der Waals surface area contributed by atoms with Crippen molar-refractivity contribution in [2.45, 2.75) is 0 Å². The summed E-state index contributed by atoms with van der Waals surface area (Å²) >= 11 is 1.05. The highest BCUT2D eigenvalue weighted by Crippen LogP contribution is 2.32. The van der Waals surface area contributed by atoms with Gasteiger partial charge in [-0.1, -0.05) is 12.1 Å². The number of amidine groups is 1. The fourth-order valence-electron chi connectivity index (χ4n) is 2.52. The monoisotopic (exact) mass is 413 g/mol. The van der Waals surface area contributed by atoms with Crippen molar-refractivity contribution in [2.24, 2.45) is 10.7 Å². The zero-order valence-corrected chi connectivity index (χ0v) is 16.6. The molecule has 2 amide bonds. The fourth-order valence-corrected chi connectivity index (χ4v) is 3.25. The number of nitrogens with two attached hydrogens (primary N) is 1. The molecule has 0 aliphatic carbocycles. The van der Waals surface area contributed by atoms with E-state index in [0.717, 1.165) is 17.3 Å². The lowest BCUT2D eigenvalue weighted by molar-refractivity contribution is -0.119. The molecular weight excluding hydrogens is 394 g/mol. The van der Waals surface area contributed by atoms with Gasteiger partial charge in [0, 0.05) is 6.07 Å². The Bertz CT molecular complexity index is 1000. The number of amides is 2. The maximum absolute atomic E-state index is 11.9. The van der Waals surface area contributed by atoms with Crippen LogP contribution in [-0.2, 0) is 4.79 Å². The number of ether oxygens (including phenoxy) is 3. The molecular formula is C20H19N3O5S. The summed E-state index contributed by atoms with van der Waals surface area (Å²) in [7, 11) is 3.07. The first-order valence-corrected chi connectivity index (χ1v) is 9.33. The molecule has 3 rings (SSSR count). The molecule has 0 radical (unpaired) electrons. The van der Waals surface area contributed by atoms with Crippen molar-refractivity contribution < 1.29 is 23.8 Å². The van der Waals surface area contributed by atoms with Crippen LogP contribution in [0, 0.1) is 0 Å². The number of nitrogens with one attached hydrogen (secondary N) is 1. The number of hydrogen-bond donors (Lipinski definition) is 2. The molecule has 150 valence electrons. The molecule has 0 aromatic heterocycles. The molecule has 1 aliphatic rings. The summed E-state index contributed by atoms with van der Waals surface area (Å²) in [5.41, 5.74) is 6.53. The minimum absolute atomic E-state index is 0.216. The Morgan fingerprint density at radius 1 is 1.17 bits per heavy atom. The lowest BCUT2D eigenvalue weighted by Gasteiger charge is -2.10. The van der Waals surface area contributed by atoms with E-state index >= 15 is 0 Å². The predicted molar refractivity (Wildman–Crippen MR) is 112 cm³/mol. The number of primary amides is 1.